The first-order valence-electron chi connectivity index (χ1n) is 12.4. The van der Waals surface area contributed by atoms with Crippen molar-refractivity contribution in [1.29, 1.82) is 0 Å². The van der Waals surface area contributed by atoms with Gasteiger partial charge in [-0.3, -0.25) is 14.4 Å². The lowest BCUT2D eigenvalue weighted by atomic mass is 10.0. The van der Waals surface area contributed by atoms with Crippen molar-refractivity contribution in [2.24, 2.45) is 0 Å². The summed E-state index contributed by atoms with van der Waals surface area (Å²) in [5, 5.41) is 7.05. The normalized spacial score (nSPS) is 16.2. The maximum atomic E-state index is 14.1. The zero-order valence-corrected chi connectivity index (χ0v) is 22.6. The van der Waals surface area contributed by atoms with Crippen LogP contribution in [0.4, 0.5) is 20.2 Å². The molecule has 0 fully saturated rings. The van der Waals surface area contributed by atoms with Gasteiger partial charge in [0.25, 0.3) is 5.91 Å². The Labute approximate surface area is 229 Å². The molecule has 0 saturated carbocycles. The van der Waals surface area contributed by atoms with E-state index in [4.69, 9.17) is 4.74 Å². The third-order valence-electron chi connectivity index (χ3n) is 6.63. The number of carbonyl (C=O) groups is 3. The van der Waals surface area contributed by atoms with Crippen molar-refractivity contribution in [2.45, 2.75) is 32.2 Å². The van der Waals surface area contributed by atoms with Gasteiger partial charge in [0, 0.05) is 5.56 Å². The van der Waals surface area contributed by atoms with Crippen LogP contribution in [0.25, 0.3) is 10.8 Å². The van der Waals surface area contributed by atoms with E-state index in [0.717, 1.165) is 5.39 Å². The van der Waals surface area contributed by atoms with Crippen LogP contribution in [-0.2, 0) is 20.9 Å². The molecule has 2 atom stereocenters. The van der Waals surface area contributed by atoms with Gasteiger partial charge in [-0.1, -0.05) is 42.5 Å². The quantitative estimate of drug-likeness (QED) is 0.417. The highest BCUT2D eigenvalue weighted by molar-refractivity contribution is 7.99. The third kappa shape index (κ3) is 6.15. The molecule has 0 aromatic heterocycles. The van der Waals surface area contributed by atoms with Gasteiger partial charge in [0.15, 0.2) is 0 Å². The molecule has 11 heteroatoms. The summed E-state index contributed by atoms with van der Waals surface area (Å²) < 4.78 is 31.6. The number of rotatable bonds is 9. The number of anilines is 2. The first kappa shape index (κ1) is 28.3. The number of nitrogens with zero attached hydrogens (tertiary/aromatic N) is 2. The second-order valence-corrected chi connectivity index (χ2v) is 9.93. The van der Waals surface area contributed by atoms with Gasteiger partial charge in [-0.05, 0) is 49.2 Å². The number of likely N-dealkylation sites (N-methyl/N-ethyl adjacent to an activating group) is 1. The number of carbonyl (C=O) groups excluding carboxylic acids is 3. The fraction of sp³-hybridized carbons (Fsp3) is 0.321. The first-order chi connectivity index (χ1) is 18.7. The topological polar surface area (TPSA) is 91.0 Å². The molecular formula is C28H30F2N4O4S. The lowest BCUT2D eigenvalue weighted by Gasteiger charge is -2.27. The average molecular weight is 557 g/mol. The maximum absolute atomic E-state index is 14.1. The molecule has 3 aromatic rings. The van der Waals surface area contributed by atoms with Crippen molar-refractivity contribution in [2.75, 3.05) is 35.4 Å². The van der Waals surface area contributed by atoms with Crippen LogP contribution in [0.15, 0.2) is 60.7 Å². The fourth-order valence-electron chi connectivity index (χ4n) is 4.57. The largest absolute Gasteiger partial charge is 0.434 e. The summed E-state index contributed by atoms with van der Waals surface area (Å²) in [5.41, 5.74) is 1.29. The Morgan fingerprint density at radius 3 is 2.46 bits per heavy atom. The smallest absolute Gasteiger partial charge is 0.387 e. The van der Waals surface area contributed by atoms with E-state index in [1.807, 2.05) is 12.1 Å². The van der Waals surface area contributed by atoms with E-state index in [2.05, 4.69) is 10.6 Å². The van der Waals surface area contributed by atoms with Gasteiger partial charge in [-0.25, -0.2) is 0 Å². The van der Waals surface area contributed by atoms with Gasteiger partial charge in [-0.15, -0.1) is 0 Å². The summed E-state index contributed by atoms with van der Waals surface area (Å²) in [5.74, 6) is -0.998. The number of halogens is 2. The van der Waals surface area contributed by atoms with Crippen LogP contribution in [0.5, 0.6) is 5.75 Å². The van der Waals surface area contributed by atoms with Crippen molar-refractivity contribution in [3.8, 4) is 5.75 Å². The number of fused-ring (bicyclic) bond motifs is 2. The number of amides is 3. The molecule has 0 spiro atoms. The SMILES string of the molecule is CN[C@@H](C)C(=O)NC1CN(C(=O)CSC)c2ccccc2N(Cc2c(OC(F)F)ccc3ccccc23)C1=O. The number of alkyl halides is 2. The molecule has 3 amide bonds. The van der Waals surface area contributed by atoms with Gasteiger partial charge >= 0.3 is 6.61 Å². The van der Waals surface area contributed by atoms with Crippen LogP contribution in [0, 0.1) is 0 Å². The number of hydrogen-bond acceptors (Lipinski definition) is 6. The lowest BCUT2D eigenvalue weighted by molar-refractivity contribution is -0.128. The number of hydrogen-bond donors (Lipinski definition) is 2. The molecule has 2 N–H and O–H groups in total. The molecule has 4 rings (SSSR count). The zero-order valence-electron chi connectivity index (χ0n) is 21.8. The fourth-order valence-corrected chi connectivity index (χ4v) is 4.97. The number of benzene rings is 3. The molecule has 0 bridgehead atoms. The van der Waals surface area contributed by atoms with E-state index in [0.29, 0.717) is 22.3 Å². The van der Waals surface area contributed by atoms with E-state index in [1.165, 1.54) is 27.6 Å². The molecule has 0 aliphatic carbocycles. The highest BCUT2D eigenvalue weighted by Gasteiger charge is 2.37. The van der Waals surface area contributed by atoms with Crippen molar-refractivity contribution < 1.29 is 27.9 Å². The standard InChI is InChI=1S/C28H30F2N4O4S/c1-17(31-2)26(36)32-21-15-33(25(35)16-39-3)22-10-6-7-11-23(22)34(27(21)37)14-20-19-9-5-4-8-18(19)12-13-24(20)38-28(29)30/h4-13,17,21,28,31H,14-16H2,1-3H3,(H,32,36)/t17-,21?/m0/s1. The second kappa shape index (κ2) is 12.4. The summed E-state index contributed by atoms with van der Waals surface area (Å²) in [6.07, 6.45) is 1.80. The van der Waals surface area contributed by atoms with Crippen LogP contribution >= 0.6 is 11.8 Å². The van der Waals surface area contributed by atoms with Gasteiger partial charge in [0.2, 0.25) is 11.8 Å². The molecule has 1 aliphatic heterocycles. The lowest BCUT2D eigenvalue weighted by Crippen LogP contribution is -2.56. The molecule has 39 heavy (non-hydrogen) atoms. The summed E-state index contributed by atoms with van der Waals surface area (Å²) in [4.78, 5) is 43.1. The van der Waals surface area contributed by atoms with E-state index in [-0.39, 0.29) is 30.5 Å². The van der Waals surface area contributed by atoms with Crippen molar-refractivity contribution in [3.63, 3.8) is 0 Å². The van der Waals surface area contributed by atoms with Gasteiger partial charge in [0.1, 0.15) is 11.8 Å². The van der Waals surface area contributed by atoms with Gasteiger partial charge in [-0.2, -0.15) is 20.5 Å². The van der Waals surface area contributed by atoms with E-state index < -0.39 is 30.5 Å². The summed E-state index contributed by atoms with van der Waals surface area (Å²) in [6.45, 7) is -1.61. The van der Waals surface area contributed by atoms with Crippen LogP contribution in [0.2, 0.25) is 0 Å². The summed E-state index contributed by atoms with van der Waals surface area (Å²) in [7, 11) is 1.63. The van der Waals surface area contributed by atoms with Crippen LogP contribution in [0.1, 0.15) is 12.5 Å². The molecular weight excluding hydrogens is 526 g/mol. The Morgan fingerprint density at radius 1 is 1.08 bits per heavy atom. The Hall–Kier alpha value is -3.70. The monoisotopic (exact) mass is 556 g/mol. The highest BCUT2D eigenvalue weighted by atomic mass is 32.2. The molecule has 1 unspecified atom stereocenters. The number of ether oxygens (including phenoxy) is 1. The number of nitrogens with one attached hydrogen (secondary N) is 2. The minimum Gasteiger partial charge on any atom is -0.434 e. The van der Waals surface area contributed by atoms with E-state index in [9.17, 15) is 23.2 Å². The van der Waals surface area contributed by atoms with Crippen molar-refractivity contribution in [1.82, 2.24) is 10.6 Å². The van der Waals surface area contributed by atoms with Gasteiger partial charge < -0.3 is 25.2 Å². The third-order valence-corrected chi connectivity index (χ3v) is 7.17. The van der Waals surface area contributed by atoms with Gasteiger partial charge in [0.05, 0.1) is 36.3 Å². The van der Waals surface area contributed by atoms with Crippen molar-refractivity contribution >= 4 is 51.6 Å². The number of thioether (sulfide) groups is 1. The first-order valence-corrected chi connectivity index (χ1v) is 13.8. The predicted molar refractivity (Wildman–Crippen MR) is 149 cm³/mol. The highest BCUT2D eigenvalue weighted by Crippen LogP contribution is 2.37. The predicted octanol–water partition coefficient (Wildman–Crippen LogP) is 3.78. The number of para-hydroxylation sites is 2. The second-order valence-electron chi connectivity index (χ2n) is 9.06. The average Bonchev–Trinajstić information content (AvgIpc) is 3.04. The van der Waals surface area contributed by atoms with Crippen LogP contribution in [-0.4, -0.2) is 62.0 Å². The summed E-state index contributed by atoms with van der Waals surface area (Å²) >= 11 is 1.35. The van der Waals surface area contributed by atoms with Crippen LogP contribution in [0.3, 0.4) is 0 Å². The molecule has 0 saturated heterocycles. The van der Waals surface area contributed by atoms with Crippen LogP contribution < -0.4 is 25.2 Å². The molecule has 0 radical (unpaired) electrons. The summed E-state index contributed by atoms with van der Waals surface area (Å²) in [6, 6.07) is 15.6. The molecule has 206 valence electrons. The Bertz CT molecular complexity index is 1370. The molecule has 3 aromatic carbocycles. The van der Waals surface area contributed by atoms with E-state index in [1.54, 1.807) is 62.7 Å². The molecule has 1 heterocycles. The Morgan fingerprint density at radius 2 is 1.77 bits per heavy atom. The molecule has 1 aliphatic rings. The van der Waals surface area contributed by atoms with E-state index >= 15 is 0 Å². The minimum absolute atomic E-state index is 0.0575. The maximum Gasteiger partial charge on any atom is 0.387 e. The zero-order chi connectivity index (χ0) is 28.1. The van der Waals surface area contributed by atoms with Crippen molar-refractivity contribution in [3.05, 3.63) is 66.2 Å². The Kier molecular flexibility index (Phi) is 9.03. The molecule has 8 nitrogen and oxygen atoms in total. The minimum atomic E-state index is -3.06. The Balaban J connectivity index is 1.86.